The number of nitrogens with one attached hydrogen (secondary N) is 1. The van der Waals surface area contributed by atoms with Crippen molar-refractivity contribution >= 4 is 11.6 Å². The molecule has 6 nitrogen and oxygen atoms in total. The molecule has 6 heteroatoms. The lowest BCUT2D eigenvalue weighted by molar-refractivity contribution is 0.102. The molecule has 0 fully saturated rings. The van der Waals surface area contributed by atoms with Gasteiger partial charge in [0, 0.05) is 11.9 Å². The van der Waals surface area contributed by atoms with Crippen molar-refractivity contribution in [3.63, 3.8) is 0 Å². The molecule has 2 aromatic carbocycles. The minimum atomic E-state index is -0.253. The van der Waals surface area contributed by atoms with Crippen molar-refractivity contribution in [2.45, 2.75) is 20.6 Å². The van der Waals surface area contributed by atoms with E-state index in [1.54, 1.807) is 24.1 Å². The number of nitrogens with zero attached hydrogens (tertiary/aromatic N) is 2. The molecule has 1 N–H and O–H groups in total. The summed E-state index contributed by atoms with van der Waals surface area (Å²) < 4.78 is 12.3. The first-order valence-corrected chi connectivity index (χ1v) is 8.24. The minimum absolute atomic E-state index is 0.212. The highest BCUT2D eigenvalue weighted by atomic mass is 16.5. The van der Waals surface area contributed by atoms with Gasteiger partial charge >= 0.3 is 0 Å². The number of hydrogen-bond acceptors (Lipinski definition) is 4. The molecule has 1 amide bonds. The molecule has 1 heterocycles. The van der Waals surface area contributed by atoms with Crippen LogP contribution in [-0.4, -0.2) is 22.8 Å². The van der Waals surface area contributed by atoms with Crippen molar-refractivity contribution in [2.75, 3.05) is 12.4 Å². The van der Waals surface area contributed by atoms with E-state index in [-0.39, 0.29) is 12.6 Å². The molecule has 134 valence electrons. The van der Waals surface area contributed by atoms with E-state index < -0.39 is 0 Å². The number of rotatable bonds is 6. The fourth-order valence-electron chi connectivity index (χ4n) is 2.38. The number of carbonyl (C=O) groups is 1. The highest BCUT2D eigenvalue weighted by molar-refractivity contribution is 6.02. The number of hydrogen-bond donors (Lipinski definition) is 1. The number of aromatic nitrogens is 2. The van der Waals surface area contributed by atoms with E-state index in [4.69, 9.17) is 9.47 Å². The van der Waals surface area contributed by atoms with E-state index in [0.29, 0.717) is 11.4 Å². The van der Waals surface area contributed by atoms with Gasteiger partial charge < -0.3 is 14.8 Å². The summed E-state index contributed by atoms with van der Waals surface area (Å²) in [5.74, 6) is 1.21. The molecule has 26 heavy (non-hydrogen) atoms. The maximum atomic E-state index is 12.3. The summed E-state index contributed by atoms with van der Waals surface area (Å²) in [5, 5.41) is 7.11. The smallest absolute Gasteiger partial charge is 0.276 e. The Kier molecular flexibility index (Phi) is 5.22. The summed E-state index contributed by atoms with van der Waals surface area (Å²) in [5.41, 5.74) is 3.40. The molecule has 0 aliphatic carbocycles. The number of methoxy groups -OCH3 is 1. The van der Waals surface area contributed by atoms with Crippen LogP contribution in [0, 0.1) is 13.8 Å². The van der Waals surface area contributed by atoms with Gasteiger partial charge in [-0.2, -0.15) is 5.10 Å². The predicted octanol–water partition coefficient (Wildman–Crippen LogP) is 3.80. The number of anilines is 1. The third kappa shape index (κ3) is 4.22. The number of benzene rings is 2. The van der Waals surface area contributed by atoms with E-state index in [1.807, 2.05) is 56.3 Å². The van der Waals surface area contributed by atoms with Crippen LogP contribution < -0.4 is 14.8 Å². The standard InChI is InChI=1S/C20H21N3O3/c1-14-4-5-16(12-15(14)2)21-20(24)19-10-11-23(22-19)13-26-18-8-6-17(25-3)7-9-18/h4-12H,13H2,1-3H3,(H,21,24). The van der Waals surface area contributed by atoms with Crippen LogP contribution in [0.1, 0.15) is 21.6 Å². The topological polar surface area (TPSA) is 65.4 Å². The second kappa shape index (κ2) is 7.74. The molecule has 0 spiro atoms. The Morgan fingerprint density at radius 2 is 1.77 bits per heavy atom. The number of ether oxygens (including phenoxy) is 2. The maximum absolute atomic E-state index is 12.3. The first-order valence-electron chi connectivity index (χ1n) is 8.24. The molecule has 0 saturated carbocycles. The molecular weight excluding hydrogens is 330 g/mol. The van der Waals surface area contributed by atoms with E-state index in [1.165, 1.54) is 5.56 Å². The average molecular weight is 351 g/mol. The average Bonchev–Trinajstić information content (AvgIpc) is 3.13. The van der Waals surface area contributed by atoms with Crippen molar-refractivity contribution in [3.8, 4) is 11.5 Å². The second-order valence-corrected chi connectivity index (χ2v) is 5.94. The number of carbonyl (C=O) groups excluding carboxylic acids is 1. The van der Waals surface area contributed by atoms with Gasteiger partial charge in [0.1, 0.15) is 11.5 Å². The van der Waals surface area contributed by atoms with E-state index >= 15 is 0 Å². The Morgan fingerprint density at radius 3 is 2.46 bits per heavy atom. The summed E-state index contributed by atoms with van der Waals surface area (Å²) >= 11 is 0. The van der Waals surface area contributed by atoms with Gasteiger partial charge in [-0.05, 0) is 67.4 Å². The van der Waals surface area contributed by atoms with Gasteiger partial charge in [0.25, 0.3) is 5.91 Å². The number of aryl methyl sites for hydroxylation is 2. The summed E-state index contributed by atoms with van der Waals surface area (Å²) in [7, 11) is 1.62. The summed E-state index contributed by atoms with van der Waals surface area (Å²) in [6.45, 7) is 4.25. The minimum Gasteiger partial charge on any atom is -0.497 e. The third-order valence-electron chi connectivity index (χ3n) is 4.06. The molecule has 0 unspecified atom stereocenters. The lowest BCUT2D eigenvalue weighted by Crippen LogP contribution is -2.14. The predicted molar refractivity (Wildman–Crippen MR) is 99.7 cm³/mol. The Balaban J connectivity index is 1.59. The van der Waals surface area contributed by atoms with Gasteiger partial charge in [-0.15, -0.1) is 0 Å². The Morgan fingerprint density at radius 1 is 1.04 bits per heavy atom. The molecule has 3 rings (SSSR count). The normalized spacial score (nSPS) is 10.4. The molecular formula is C20H21N3O3. The van der Waals surface area contributed by atoms with Crippen LogP contribution >= 0.6 is 0 Å². The second-order valence-electron chi connectivity index (χ2n) is 5.94. The van der Waals surface area contributed by atoms with E-state index in [9.17, 15) is 4.79 Å². The molecule has 0 aliphatic heterocycles. The molecule has 1 aromatic heterocycles. The highest BCUT2D eigenvalue weighted by Crippen LogP contribution is 2.17. The van der Waals surface area contributed by atoms with Gasteiger partial charge in [-0.1, -0.05) is 6.07 Å². The molecule has 0 atom stereocenters. The maximum Gasteiger partial charge on any atom is 0.276 e. The van der Waals surface area contributed by atoms with Crippen LogP contribution in [0.2, 0.25) is 0 Å². The van der Waals surface area contributed by atoms with Crippen molar-refractivity contribution in [2.24, 2.45) is 0 Å². The van der Waals surface area contributed by atoms with Crippen molar-refractivity contribution in [1.82, 2.24) is 9.78 Å². The quantitative estimate of drug-likeness (QED) is 0.734. The zero-order valence-electron chi connectivity index (χ0n) is 15.0. The Hall–Kier alpha value is -3.28. The largest absolute Gasteiger partial charge is 0.497 e. The first kappa shape index (κ1) is 17.5. The molecule has 0 radical (unpaired) electrons. The van der Waals surface area contributed by atoms with Gasteiger partial charge in [-0.3, -0.25) is 4.79 Å². The monoisotopic (exact) mass is 351 g/mol. The molecule has 0 aliphatic rings. The summed E-state index contributed by atoms with van der Waals surface area (Å²) in [6.07, 6.45) is 1.71. The van der Waals surface area contributed by atoms with Crippen LogP contribution in [0.25, 0.3) is 0 Å². The van der Waals surface area contributed by atoms with E-state index in [2.05, 4.69) is 10.4 Å². The lowest BCUT2D eigenvalue weighted by atomic mass is 10.1. The van der Waals surface area contributed by atoms with Gasteiger partial charge in [0.05, 0.1) is 7.11 Å². The highest BCUT2D eigenvalue weighted by Gasteiger charge is 2.10. The SMILES string of the molecule is COc1ccc(OCn2ccc(C(=O)Nc3ccc(C)c(C)c3)n2)cc1. The van der Waals surface area contributed by atoms with Gasteiger partial charge in [-0.25, -0.2) is 4.68 Å². The lowest BCUT2D eigenvalue weighted by Gasteiger charge is -2.07. The fourth-order valence-corrected chi connectivity index (χ4v) is 2.38. The number of amides is 1. The van der Waals surface area contributed by atoms with Crippen LogP contribution in [0.4, 0.5) is 5.69 Å². The Labute approximate surface area is 152 Å². The summed E-state index contributed by atoms with van der Waals surface area (Å²) in [6, 6.07) is 14.7. The first-order chi connectivity index (χ1) is 12.5. The molecule has 3 aromatic rings. The van der Waals surface area contributed by atoms with Gasteiger partial charge in [0.15, 0.2) is 12.4 Å². The third-order valence-corrected chi connectivity index (χ3v) is 4.06. The van der Waals surface area contributed by atoms with Gasteiger partial charge in [0.2, 0.25) is 0 Å². The Bertz CT molecular complexity index is 901. The molecule has 0 saturated heterocycles. The van der Waals surface area contributed by atoms with Crippen molar-refractivity contribution < 1.29 is 14.3 Å². The fraction of sp³-hybridized carbons (Fsp3) is 0.200. The summed E-state index contributed by atoms with van der Waals surface area (Å²) in [4.78, 5) is 12.3. The van der Waals surface area contributed by atoms with Crippen LogP contribution in [-0.2, 0) is 6.73 Å². The van der Waals surface area contributed by atoms with Crippen LogP contribution in [0.3, 0.4) is 0 Å². The van der Waals surface area contributed by atoms with Crippen molar-refractivity contribution in [3.05, 3.63) is 71.5 Å². The van der Waals surface area contributed by atoms with Crippen molar-refractivity contribution in [1.29, 1.82) is 0 Å². The van der Waals surface area contributed by atoms with Crippen LogP contribution in [0.15, 0.2) is 54.7 Å². The molecule has 0 bridgehead atoms. The van der Waals surface area contributed by atoms with E-state index in [0.717, 1.165) is 17.0 Å². The zero-order valence-corrected chi connectivity index (χ0v) is 15.0. The van der Waals surface area contributed by atoms with Crippen LogP contribution in [0.5, 0.6) is 11.5 Å². The zero-order chi connectivity index (χ0) is 18.5.